The fraction of sp³-hybridized carbons (Fsp3) is 0.185. The van der Waals surface area contributed by atoms with Crippen molar-refractivity contribution < 1.29 is 17.6 Å². The summed E-state index contributed by atoms with van der Waals surface area (Å²) in [6, 6.07) is 17.2. The summed E-state index contributed by atoms with van der Waals surface area (Å²) in [5.41, 5.74) is 4.70. The molecule has 0 atom stereocenters. The summed E-state index contributed by atoms with van der Waals surface area (Å²) in [5, 5.41) is 6.67. The Hall–Kier alpha value is -4.06. The Bertz CT molecular complexity index is 1770. The van der Waals surface area contributed by atoms with Gasteiger partial charge in [-0.2, -0.15) is 0 Å². The molecule has 1 aliphatic heterocycles. The van der Waals surface area contributed by atoms with Gasteiger partial charge in [0.1, 0.15) is 0 Å². The summed E-state index contributed by atoms with van der Waals surface area (Å²) in [6.45, 7) is 0.856. The molecule has 0 aliphatic carbocycles. The van der Waals surface area contributed by atoms with Crippen molar-refractivity contribution in [3.05, 3.63) is 87.4 Å². The van der Waals surface area contributed by atoms with Crippen LogP contribution in [-0.2, 0) is 14.8 Å². The predicted octanol–water partition coefficient (Wildman–Crippen LogP) is 4.03. The molecular formula is C27H26ClN5O5S. The Kier molecular flexibility index (Phi) is 6.98. The molecule has 0 bridgehead atoms. The number of anilines is 3. The van der Waals surface area contributed by atoms with Crippen LogP contribution in [-0.4, -0.2) is 57.6 Å². The fourth-order valence-electron chi connectivity index (χ4n) is 4.41. The van der Waals surface area contributed by atoms with Crippen molar-refractivity contribution in [2.75, 3.05) is 48.4 Å². The Labute approximate surface area is 229 Å². The number of fused-ring (bicyclic) bond motifs is 2. The third-order valence-corrected chi connectivity index (χ3v) is 7.69. The van der Waals surface area contributed by atoms with Crippen molar-refractivity contribution in [1.29, 1.82) is 0 Å². The van der Waals surface area contributed by atoms with E-state index in [1.807, 2.05) is 19.0 Å². The van der Waals surface area contributed by atoms with Crippen LogP contribution in [0, 0.1) is 0 Å². The zero-order valence-electron chi connectivity index (χ0n) is 21.4. The number of halogens is 1. The van der Waals surface area contributed by atoms with Crippen LogP contribution in [0.3, 0.4) is 0 Å². The molecule has 1 aromatic heterocycles. The summed E-state index contributed by atoms with van der Waals surface area (Å²) in [6.07, 6.45) is 1.18. The van der Waals surface area contributed by atoms with E-state index in [0.717, 1.165) is 0 Å². The smallest absolute Gasteiger partial charge is 0.408 e. The highest BCUT2D eigenvalue weighted by Crippen LogP contribution is 2.39. The average molecular weight is 568 g/mol. The van der Waals surface area contributed by atoms with Gasteiger partial charge in [-0.05, 0) is 62.6 Å². The lowest BCUT2D eigenvalue weighted by Gasteiger charge is -2.24. The van der Waals surface area contributed by atoms with Gasteiger partial charge in [-0.1, -0.05) is 23.7 Å². The average Bonchev–Trinajstić information content (AvgIpc) is 3.39. The molecule has 3 aromatic carbocycles. The van der Waals surface area contributed by atoms with Crippen LogP contribution in [0.2, 0.25) is 5.02 Å². The molecule has 10 nitrogen and oxygen atoms in total. The lowest BCUT2D eigenvalue weighted by Crippen LogP contribution is -2.35. The molecule has 2 heterocycles. The van der Waals surface area contributed by atoms with E-state index in [1.165, 1.54) is 10.6 Å². The number of aromatic nitrogens is 1. The number of nitrogens with zero attached hydrogens (tertiary/aromatic N) is 2. The predicted molar refractivity (Wildman–Crippen MR) is 155 cm³/mol. The highest BCUT2D eigenvalue weighted by molar-refractivity contribution is 7.92. The van der Waals surface area contributed by atoms with Gasteiger partial charge in [0, 0.05) is 34.9 Å². The van der Waals surface area contributed by atoms with Gasteiger partial charge < -0.3 is 20.0 Å². The maximum Gasteiger partial charge on any atom is 0.417 e. The maximum absolute atomic E-state index is 13.2. The SMILES string of the molecule is CN(C)CCN(c1ccc(N/C(=C2\C(=O)Nc3cc(Cl)ccc32)c2ccc3[nH]c(=O)oc3c2)cc1)S(C)(=O)=O. The summed E-state index contributed by atoms with van der Waals surface area (Å²) in [7, 11) is 0.263. The second-order valence-corrected chi connectivity index (χ2v) is 11.8. The van der Waals surface area contributed by atoms with Gasteiger partial charge in [-0.15, -0.1) is 0 Å². The van der Waals surface area contributed by atoms with E-state index < -0.39 is 15.8 Å². The summed E-state index contributed by atoms with van der Waals surface area (Å²) >= 11 is 6.15. The quantitative estimate of drug-likeness (QED) is 0.274. The monoisotopic (exact) mass is 567 g/mol. The molecule has 0 saturated carbocycles. The van der Waals surface area contributed by atoms with E-state index >= 15 is 0 Å². The molecule has 4 aromatic rings. The topological polar surface area (TPSA) is 128 Å². The first kappa shape index (κ1) is 26.5. The first-order valence-corrected chi connectivity index (χ1v) is 14.2. The highest BCUT2D eigenvalue weighted by atomic mass is 35.5. The number of carbonyl (C=O) groups excluding carboxylic acids is 1. The zero-order chi connectivity index (χ0) is 27.9. The van der Waals surface area contributed by atoms with Crippen molar-refractivity contribution in [1.82, 2.24) is 9.88 Å². The van der Waals surface area contributed by atoms with Gasteiger partial charge in [-0.25, -0.2) is 13.2 Å². The molecule has 39 heavy (non-hydrogen) atoms. The van der Waals surface area contributed by atoms with Crippen LogP contribution in [0.1, 0.15) is 11.1 Å². The molecule has 5 rings (SSSR count). The molecule has 1 amide bonds. The van der Waals surface area contributed by atoms with E-state index in [0.29, 0.717) is 68.7 Å². The largest absolute Gasteiger partial charge is 0.417 e. The van der Waals surface area contributed by atoms with Gasteiger partial charge in [0.25, 0.3) is 5.91 Å². The number of sulfonamides is 1. The van der Waals surface area contributed by atoms with Gasteiger partial charge in [-0.3, -0.25) is 14.1 Å². The molecule has 0 radical (unpaired) electrons. The molecule has 1 aliphatic rings. The number of oxazole rings is 1. The summed E-state index contributed by atoms with van der Waals surface area (Å²) < 4.78 is 31.5. The number of hydrogen-bond donors (Lipinski definition) is 3. The van der Waals surface area contributed by atoms with E-state index in [1.54, 1.807) is 60.7 Å². The third-order valence-electron chi connectivity index (χ3n) is 6.26. The van der Waals surface area contributed by atoms with Crippen molar-refractivity contribution in [3.8, 4) is 0 Å². The highest BCUT2D eigenvalue weighted by Gasteiger charge is 2.29. The van der Waals surface area contributed by atoms with Crippen molar-refractivity contribution in [2.45, 2.75) is 0 Å². The van der Waals surface area contributed by atoms with Crippen molar-refractivity contribution in [2.24, 2.45) is 0 Å². The zero-order valence-corrected chi connectivity index (χ0v) is 23.0. The molecular weight excluding hydrogens is 542 g/mol. The van der Waals surface area contributed by atoms with Gasteiger partial charge in [0.2, 0.25) is 10.0 Å². The molecule has 3 N–H and O–H groups in total. The summed E-state index contributed by atoms with van der Waals surface area (Å²) in [5.74, 6) is -0.905. The number of carbonyl (C=O) groups is 1. The first-order valence-electron chi connectivity index (χ1n) is 12.0. The Balaban J connectivity index is 1.58. The minimum absolute atomic E-state index is 0.301. The number of rotatable bonds is 8. The van der Waals surface area contributed by atoms with E-state index in [9.17, 15) is 18.0 Å². The summed E-state index contributed by atoms with van der Waals surface area (Å²) in [4.78, 5) is 29.4. The molecule has 0 saturated heterocycles. The minimum Gasteiger partial charge on any atom is -0.408 e. The number of benzene rings is 3. The van der Waals surface area contributed by atoms with Gasteiger partial charge in [0.15, 0.2) is 5.58 Å². The number of nitrogens with one attached hydrogen (secondary N) is 3. The second kappa shape index (κ2) is 10.3. The van der Waals surface area contributed by atoms with Crippen LogP contribution in [0.15, 0.2) is 69.9 Å². The number of aromatic amines is 1. The van der Waals surface area contributed by atoms with Crippen molar-refractivity contribution >= 4 is 67.0 Å². The van der Waals surface area contributed by atoms with E-state index in [-0.39, 0.29) is 5.91 Å². The Morgan fingerprint density at radius 3 is 2.44 bits per heavy atom. The lowest BCUT2D eigenvalue weighted by atomic mass is 9.99. The van der Waals surface area contributed by atoms with E-state index in [2.05, 4.69) is 15.6 Å². The number of hydrogen-bond acceptors (Lipinski definition) is 7. The van der Waals surface area contributed by atoms with Gasteiger partial charge in [0.05, 0.1) is 34.4 Å². The first-order chi connectivity index (χ1) is 18.5. The van der Waals surface area contributed by atoms with E-state index in [4.69, 9.17) is 16.0 Å². The number of amides is 1. The van der Waals surface area contributed by atoms with Crippen LogP contribution < -0.4 is 20.7 Å². The Morgan fingerprint density at radius 1 is 1.00 bits per heavy atom. The van der Waals surface area contributed by atoms with Crippen LogP contribution in [0.4, 0.5) is 17.1 Å². The van der Waals surface area contributed by atoms with Crippen LogP contribution in [0.5, 0.6) is 0 Å². The van der Waals surface area contributed by atoms with Crippen LogP contribution >= 0.6 is 11.6 Å². The molecule has 0 unspecified atom stereocenters. The van der Waals surface area contributed by atoms with Crippen molar-refractivity contribution in [3.63, 3.8) is 0 Å². The number of likely N-dealkylation sites (N-methyl/N-ethyl adjacent to an activating group) is 1. The normalized spacial score (nSPS) is 14.4. The number of H-pyrrole nitrogens is 1. The molecule has 12 heteroatoms. The Morgan fingerprint density at radius 2 is 1.74 bits per heavy atom. The lowest BCUT2D eigenvalue weighted by molar-refractivity contribution is -0.110. The molecule has 0 spiro atoms. The molecule has 0 fully saturated rings. The molecule has 202 valence electrons. The maximum atomic E-state index is 13.2. The standard InChI is InChI=1S/C27H26ClN5O5S/c1-32(2)12-13-33(39(3,36)37)19-8-6-18(7-9-19)29-25(16-4-11-21-23(14-16)38-27(35)31-21)24-20-10-5-17(28)15-22(20)30-26(24)34/h4-11,14-15,29H,12-13H2,1-3H3,(H,30,34)(H,31,35)/b25-24-. The third kappa shape index (κ3) is 5.56. The fourth-order valence-corrected chi connectivity index (χ4v) is 5.50. The van der Waals surface area contributed by atoms with Crippen LogP contribution in [0.25, 0.3) is 22.4 Å². The van der Waals surface area contributed by atoms with Gasteiger partial charge >= 0.3 is 5.76 Å². The minimum atomic E-state index is -3.49. The second-order valence-electron chi connectivity index (χ2n) is 9.43.